The van der Waals surface area contributed by atoms with Gasteiger partial charge in [-0.1, -0.05) is 5.21 Å². The number of ketones is 1. The molecule has 0 fully saturated rings. The molecule has 0 aliphatic heterocycles. The molecule has 0 aliphatic rings. The summed E-state index contributed by atoms with van der Waals surface area (Å²) in [5.41, 5.74) is 4.83. The first kappa shape index (κ1) is 9.17. The molecule has 0 saturated heterocycles. The molecule has 1 aromatic rings. The van der Waals surface area contributed by atoms with Crippen LogP contribution in [0, 0.1) is 0 Å². The summed E-state index contributed by atoms with van der Waals surface area (Å²) in [6, 6.07) is 0. The Hall–Kier alpha value is -1.92. The minimum absolute atomic E-state index is 0.105. The van der Waals surface area contributed by atoms with Crippen molar-refractivity contribution >= 4 is 11.9 Å². The zero-order chi connectivity index (χ0) is 9.84. The summed E-state index contributed by atoms with van der Waals surface area (Å²) in [6.07, 6.45) is -0.629. The first-order valence-electron chi connectivity index (χ1n) is 3.48. The number of primary amides is 1. The number of aromatic nitrogens is 3. The van der Waals surface area contributed by atoms with Crippen LogP contribution in [0.15, 0.2) is 6.20 Å². The van der Waals surface area contributed by atoms with Gasteiger partial charge in [-0.25, -0.2) is 4.79 Å². The highest BCUT2D eigenvalue weighted by Gasteiger charge is 2.20. The molecule has 7 heteroatoms. The molecule has 0 spiro atoms. The lowest BCUT2D eigenvalue weighted by Crippen LogP contribution is -2.27. The smallest absolute Gasteiger partial charge is 0.405 e. The number of carbonyl (C=O) groups is 2. The molecule has 0 saturated carbocycles. The number of rotatable bonds is 3. The largest absolute Gasteiger partial charge is 0.438 e. The third-order valence-electron chi connectivity index (χ3n) is 1.33. The second kappa shape index (κ2) is 3.65. The number of H-pyrrole nitrogens is 1. The van der Waals surface area contributed by atoms with E-state index in [1.165, 1.54) is 13.1 Å². The van der Waals surface area contributed by atoms with E-state index in [-0.39, 0.29) is 5.69 Å². The maximum Gasteiger partial charge on any atom is 0.405 e. The van der Waals surface area contributed by atoms with E-state index in [9.17, 15) is 9.59 Å². The van der Waals surface area contributed by atoms with Crippen molar-refractivity contribution in [3.05, 3.63) is 11.9 Å². The van der Waals surface area contributed by atoms with Gasteiger partial charge in [0.15, 0.2) is 11.8 Å². The first-order valence-corrected chi connectivity index (χ1v) is 3.48. The van der Waals surface area contributed by atoms with E-state index in [2.05, 4.69) is 20.1 Å². The van der Waals surface area contributed by atoms with Crippen molar-refractivity contribution in [1.29, 1.82) is 0 Å². The number of nitrogens with one attached hydrogen (secondary N) is 1. The molecule has 1 heterocycles. The quantitative estimate of drug-likeness (QED) is 0.613. The van der Waals surface area contributed by atoms with Crippen molar-refractivity contribution in [3.8, 4) is 0 Å². The van der Waals surface area contributed by atoms with Gasteiger partial charge in [-0.2, -0.15) is 0 Å². The van der Waals surface area contributed by atoms with E-state index in [4.69, 9.17) is 5.73 Å². The van der Waals surface area contributed by atoms with Gasteiger partial charge in [0.2, 0.25) is 5.78 Å². The van der Waals surface area contributed by atoms with Gasteiger partial charge in [0.25, 0.3) is 0 Å². The Kier molecular flexibility index (Phi) is 2.58. The molecule has 3 N–H and O–H groups in total. The summed E-state index contributed by atoms with van der Waals surface area (Å²) in [6.45, 7) is 1.40. The van der Waals surface area contributed by atoms with Crippen molar-refractivity contribution in [3.63, 3.8) is 0 Å². The Bertz CT molecular complexity index is 308. The van der Waals surface area contributed by atoms with E-state index in [0.29, 0.717) is 0 Å². The van der Waals surface area contributed by atoms with E-state index >= 15 is 0 Å². The van der Waals surface area contributed by atoms with Gasteiger partial charge >= 0.3 is 6.09 Å². The fourth-order valence-electron chi connectivity index (χ4n) is 0.758. The lowest BCUT2D eigenvalue weighted by atomic mass is 10.2. The molecule has 7 nitrogen and oxygen atoms in total. The Labute approximate surface area is 73.3 Å². The van der Waals surface area contributed by atoms with Gasteiger partial charge in [-0.15, -0.1) is 5.10 Å². The highest BCUT2D eigenvalue weighted by Crippen LogP contribution is 2.00. The van der Waals surface area contributed by atoms with Crippen LogP contribution in [0.4, 0.5) is 4.79 Å². The van der Waals surface area contributed by atoms with E-state index in [0.717, 1.165) is 0 Å². The van der Waals surface area contributed by atoms with Crippen LogP contribution >= 0.6 is 0 Å². The molecule has 0 aromatic carbocycles. The third kappa shape index (κ3) is 2.26. The maximum absolute atomic E-state index is 11.3. The van der Waals surface area contributed by atoms with Gasteiger partial charge in [0.05, 0.1) is 6.20 Å². The topological polar surface area (TPSA) is 111 Å². The summed E-state index contributed by atoms with van der Waals surface area (Å²) >= 11 is 0. The Morgan fingerprint density at radius 3 is 2.85 bits per heavy atom. The van der Waals surface area contributed by atoms with Crippen LogP contribution in [0.5, 0.6) is 0 Å². The Morgan fingerprint density at radius 2 is 2.38 bits per heavy atom. The van der Waals surface area contributed by atoms with Gasteiger partial charge in [0, 0.05) is 0 Å². The summed E-state index contributed by atoms with van der Waals surface area (Å²) < 4.78 is 4.44. The predicted molar refractivity (Wildman–Crippen MR) is 40.8 cm³/mol. The number of amides is 1. The lowest BCUT2D eigenvalue weighted by Gasteiger charge is -2.06. The molecule has 70 valence electrons. The number of aromatic amines is 1. The van der Waals surface area contributed by atoms with Crippen molar-refractivity contribution < 1.29 is 14.3 Å². The molecule has 1 aromatic heterocycles. The molecule has 0 aliphatic carbocycles. The number of nitrogens with zero attached hydrogens (tertiary/aromatic N) is 2. The SMILES string of the molecule is C[C@H](OC(N)=O)C(=O)c1c[nH]nn1. The molecule has 1 rings (SSSR count). The second-order valence-electron chi connectivity index (χ2n) is 2.30. The standard InChI is InChI=1S/C6H8N4O3/c1-3(13-6(7)12)5(11)4-2-8-10-9-4/h2-3H,1H3,(H2,7,12)(H,8,9,10)/t3-/m0/s1. The molecule has 13 heavy (non-hydrogen) atoms. The fraction of sp³-hybridized carbons (Fsp3) is 0.333. The number of hydrogen-bond acceptors (Lipinski definition) is 5. The average molecular weight is 184 g/mol. The number of hydrogen-bond donors (Lipinski definition) is 2. The van der Waals surface area contributed by atoms with Gasteiger partial charge in [-0.05, 0) is 6.92 Å². The molecular formula is C6H8N4O3. The minimum atomic E-state index is -0.996. The van der Waals surface area contributed by atoms with E-state index in [1.54, 1.807) is 0 Å². The lowest BCUT2D eigenvalue weighted by molar-refractivity contribution is 0.0690. The first-order chi connectivity index (χ1) is 6.11. The van der Waals surface area contributed by atoms with Crippen LogP contribution in [0.25, 0.3) is 0 Å². The Balaban J connectivity index is 2.63. The van der Waals surface area contributed by atoms with Crippen molar-refractivity contribution in [1.82, 2.24) is 15.4 Å². The van der Waals surface area contributed by atoms with Crippen molar-refractivity contribution in [2.24, 2.45) is 5.73 Å². The van der Waals surface area contributed by atoms with Crippen LogP contribution in [-0.4, -0.2) is 33.4 Å². The monoisotopic (exact) mass is 184 g/mol. The highest BCUT2D eigenvalue weighted by atomic mass is 16.6. The number of Topliss-reactive ketones (excluding diaryl/α,β-unsaturated/α-hetero) is 1. The molecule has 0 bridgehead atoms. The molecule has 1 atom stereocenters. The fourth-order valence-corrected chi connectivity index (χ4v) is 0.758. The predicted octanol–water partition coefficient (Wildman–Crippen LogP) is -0.529. The van der Waals surface area contributed by atoms with Crippen LogP contribution in [-0.2, 0) is 4.74 Å². The number of carbonyl (C=O) groups excluding carboxylic acids is 2. The highest BCUT2D eigenvalue weighted by molar-refractivity contribution is 5.98. The van der Waals surface area contributed by atoms with Crippen molar-refractivity contribution in [2.75, 3.05) is 0 Å². The second-order valence-corrected chi connectivity index (χ2v) is 2.30. The molecule has 1 amide bonds. The van der Waals surface area contributed by atoms with Gasteiger partial charge < -0.3 is 10.5 Å². The summed E-state index contributed by atoms with van der Waals surface area (Å²) in [5.74, 6) is -0.451. The summed E-state index contributed by atoms with van der Waals surface area (Å²) in [7, 11) is 0. The van der Waals surface area contributed by atoms with E-state index in [1.807, 2.05) is 0 Å². The summed E-state index contributed by atoms with van der Waals surface area (Å²) in [4.78, 5) is 21.6. The zero-order valence-corrected chi connectivity index (χ0v) is 6.85. The van der Waals surface area contributed by atoms with Crippen LogP contribution in [0.2, 0.25) is 0 Å². The number of nitrogens with two attached hydrogens (primary N) is 1. The Morgan fingerprint density at radius 1 is 1.69 bits per heavy atom. The summed E-state index contributed by atoms with van der Waals surface area (Å²) in [5, 5.41) is 9.16. The molecule has 0 unspecified atom stereocenters. The average Bonchev–Trinajstić information content (AvgIpc) is 2.53. The molecule has 0 radical (unpaired) electrons. The normalized spacial score (nSPS) is 12.1. The van der Waals surface area contributed by atoms with E-state index < -0.39 is 18.0 Å². The maximum atomic E-state index is 11.3. The van der Waals surface area contributed by atoms with Gasteiger partial charge in [0.1, 0.15) is 0 Å². The van der Waals surface area contributed by atoms with Crippen LogP contribution in [0.1, 0.15) is 17.4 Å². The minimum Gasteiger partial charge on any atom is -0.438 e. The van der Waals surface area contributed by atoms with Crippen LogP contribution < -0.4 is 5.73 Å². The van der Waals surface area contributed by atoms with Crippen LogP contribution in [0.3, 0.4) is 0 Å². The zero-order valence-electron chi connectivity index (χ0n) is 6.85. The van der Waals surface area contributed by atoms with Crippen molar-refractivity contribution in [2.45, 2.75) is 13.0 Å². The number of ether oxygens (including phenoxy) is 1. The third-order valence-corrected chi connectivity index (χ3v) is 1.33. The molecular weight excluding hydrogens is 176 g/mol. The van der Waals surface area contributed by atoms with Gasteiger partial charge in [-0.3, -0.25) is 9.89 Å².